The highest BCUT2D eigenvalue weighted by atomic mass is 32.2. The Morgan fingerprint density at radius 2 is 0.692 bits per heavy atom. The Bertz CT molecular complexity index is 4460. The van der Waals surface area contributed by atoms with Crippen molar-refractivity contribution in [2.45, 2.75) is 48.7 Å². The summed E-state index contributed by atoms with van der Waals surface area (Å²) in [5.74, 6) is 0. The predicted octanol–water partition coefficient (Wildman–Crippen LogP) is 19.2. The van der Waals surface area contributed by atoms with Crippen LogP contribution in [0, 0.1) is 0 Å². The molecule has 0 radical (unpaired) electrons. The lowest BCUT2D eigenvalue weighted by Gasteiger charge is -2.40. The average Bonchev–Trinajstić information content (AvgIpc) is 3.51. The third kappa shape index (κ3) is 5.23. The van der Waals surface area contributed by atoms with E-state index in [1.165, 1.54) is 137 Å². The van der Waals surface area contributed by atoms with E-state index in [-0.39, 0.29) is 0 Å². The van der Waals surface area contributed by atoms with Gasteiger partial charge in [-0.3, -0.25) is 0 Å². The molecule has 3 heteroatoms. The van der Waals surface area contributed by atoms with Crippen molar-refractivity contribution in [1.82, 2.24) is 0 Å². The second kappa shape index (κ2) is 15.8. The first-order valence-electron chi connectivity index (χ1n) is 27.5. The van der Waals surface area contributed by atoms with E-state index in [1.54, 1.807) is 0 Å². The van der Waals surface area contributed by atoms with Crippen LogP contribution < -0.4 is 4.90 Å². The van der Waals surface area contributed by atoms with Gasteiger partial charge in [0, 0.05) is 36.5 Å². The molecule has 0 saturated carbocycles. The van der Waals surface area contributed by atoms with E-state index in [9.17, 15) is 0 Å². The van der Waals surface area contributed by atoms with Crippen LogP contribution in [0.1, 0.15) is 79.6 Å². The molecule has 1 nitrogen and oxygen atoms in total. The van der Waals surface area contributed by atoms with Crippen molar-refractivity contribution in [2.75, 3.05) is 4.90 Å². The molecule has 0 bridgehead atoms. The maximum atomic E-state index is 2.65. The van der Waals surface area contributed by atoms with Crippen molar-refractivity contribution in [3.05, 3.63) is 333 Å². The summed E-state index contributed by atoms with van der Waals surface area (Å²) in [6, 6.07) is 95.9. The number of hydrogen-bond acceptors (Lipinski definition) is 3. The van der Waals surface area contributed by atoms with Gasteiger partial charge in [0.1, 0.15) is 0 Å². The number of fused-ring (bicyclic) bond motifs is 27. The molecule has 18 rings (SSSR count). The molecule has 11 aromatic carbocycles. The molecule has 0 saturated heterocycles. The number of nitrogens with zero attached hydrogens (tertiary/aromatic N) is 1. The fraction of sp³-hybridized carbons (Fsp3) is 0.0667. The first-order chi connectivity index (χ1) is 38.7. The molecule has 2 heterocycles. The summed E-state index contributed by atoms with van der Waals surface area (Å²) in [5, 5.41) is 0. The Morgan fingerprint density at radius 1 is 0.308 bits per heavy atom. The monoisotopic (exact) mass is 1030 g/mol. The lowest BCUT2D eigenvalue weighted by atomic mass is 9.67. The fourth-order valence-electron chi connectivity index (χ4n) is 16.0. The van der Waals surface area contributed by atoms with Gasteiger partial charge in [0.2, 0.25) is 0 Å². The third-order valence-corrected chi connectivity index (χ3v) is 21.0. The molecule has 1 atom stereocenters. The SMILES string of the molecule is C1=CC2=C(CC1)c1ccccc1C21c2ccccc2-c2ccc(N(c3ccc4c(c3)C3(c5ccccc5Sc5ccccc53)c3ccccc3-4)c3cccc4c3-c3ccccc3C43c4ccccc4Sc4ccccc43)cc21. The summed E-state index contributed by atoms with van der Waals surface area (Å²) < 4.78 is 0. The van der Waals surface area contributed by atoms with Crippen LogP contribution in [0.15, 0.2) is 286 Å². The summed E-state index contributed by atoms with van der Waals surface area (Å²) in [5.41, 5.74) is 28.8. The fourth-order valence-corrected chi connectivity index (χ4v) is 18.4. The van der Waals surface area contributed by atoms with Crippen LogP contribution in [0.5, 0.6) is 0 Å². The minimum absolute atomic E-state index is 0.463. The van der Waals surface area contributed by atoms with E-state index in [2.05, 4.69) is 266 Å². The molecule has 5 aliphatic carbocycles. The van der Waals surface area contributed by atoms with Gasteiger partial charge in [-0.25, -0.2) is 0 Å². The standard InChI is InChI=1S/C75H47NS2/c1-6-25-55-48(20-1)49-21-2-7-26-56(49)73(55)57-27-8-3-22-50(57)52-42-40-46(44-65(52)73)76(47-41-43-53-51-23-4-9-28-58(51)75(66(53)45-47)62-32-13-17-38-70(62)78-71-39-18-14-33-63(71)75)67-35-19-34-64-72(67)54-24-5-10-29-59(54)74(64)60-30-11-15-36-68(60)77-69-37-16-12-31-61(69)74/h1,3-20,22-45H,2,21H2. The van der Waals surface area contributed by atoms with Gasteiger partial charge < -0.3 is 4.90 Å². The van der Waals surface area contributed by atoms with E-state index >= 15 is 0 Å². The van der Waals surface area contributed by atoms with E-state index in [4.69, 9.17) is 0 Å². The maximum Gasteiger partial charge on any atom is 0.0736 e. The summed E-state index contributed by atoms with van der Waals surface area (Å²) in [6.45, 7) is 0. The Kier molecular flexibility index (Phi) is 8.79. The van der Waals surface area contributed by atoms with E-state index in [0.717, 1.165) is 24.2 Å². The summed E-state index contributed by atoms with van der Waals surface area (Å²) in [4.78, 5) is 7.88. The third-order valence-electron chi connectivity index (χ3n) is 18.7. The zero-order valence-electron chi connectivity index (χ0n) is 42.5. The highest BCUT2D eigenvalue weighted by molar-refractivity contribution is 7.99. The number of rotatable bonds is 3. The first-order valence-corrected chi connectivity index (χ1v) is 29.1. The molecule has 78 heavy (non-hydrogen) atoms. The maximum absolute atomic E-state index is 2.65. The van der Waals surface area contributed by atoms with Crippen molar-refractivity contribution in [1.29, 1.82) is 0 Å². The van der Waals surface area contributed by atoms with Crippen LogP contribution >= 0.6 is 23.5 Å². The van der Waals surface area contributed by atoms with Crippen LogP contribution in [0.3, 0.4) is 0 Å². The van der Waals surface area contributed by atoms with Crippen molar-refractivity contribution in [3.63, 3.8) is 0 Å². The normalized spacial score (nSPS) is 17.7. The highest BCUT2D eigenvalue weighted by Crippen LogP contribution is 2.68. The zero-order valence-corrected chi connectivity index (χ0v) is 44.1. The van der Waals surface area contributed by atoms with Gasteiger partial charge in [0.25, 0.3) is 0 Å². The Labute approximate surface area is 463 Å². The average molecular weight is 1030 g/mol. The second-order valence-electron chi connectivity index (χ2n) is 21.9. The molecular weight excluding hydrogens is 979 g/mol. The molecule has 0 fully saturated rings. The number of allylic oxidation sites excluding steroid dienone is 4. The van der Waals surface area contributed by atoms with E-state index < -0.39 is 16.2 Å². The molecule has 7 aliphatic rings. The lowest BCUT2D eigenvalue weighted by molar-refractivity contribution is 0.722. The Morgan fingerprint density at radius 3 is 1.23 bits per heavy atom. The van der Waals surface area contributed by atoms with Gasteiger partial charge >= 0.3 is 0 Å². The molecule has 364 valence electrons. The quantitative estimate of drug-likeness (QED) is 0.174. The van der Waals surface area contributed by atoms with Crippen molar-refractivity contribution < 1.29 is 0 Å². The number of anilines is 3. The van der Waals surface area contributed by atoms with E-state index in [1.807, 2.05) is 23.5 Å². The minimum atomic E-state index is -0.540. The van der Waals surface area contributed by atoms with Gasteiger partial charge in [-0.1, -0.05) is 230 Å². The van der Waals surface area contributed by atoms with Crippen LogP contribution in [-0.4, -0.2) is 0 Å². The van der Waals surface area contributed by atoms with Crippen molar-refractivity contribution >= 4 is 46.2 Å². The summed E-state index contributed by atoms with van der Waals surface area (Å²) in [6.07, 6.45) is 6.99. The van der Waals surface area contributed by atoms with Gasteiger partial charge in [0.15, 0.2) is 0 Å². The molecule has 2 aliphatic heterocycles. The van der Waals surface area contributed by atoms with Crippen LogP contribution in [0.4, 0.5) is 17.1 Å². The van der Waals surface area contributed by atoms with Gasteiger partial charge in [0.05, 0.1) is 21.9 Å². The van der Waals surface area contributed by atoms with Crippen molar-refractivity contribution in [3.8, 4) is 33.4 Å². The lowest BCUT2D eigenvalue weighted by Crippen LogP contribution is -2.32. The molecule has 11 aromatic rings. The highest BCUT2D eigenvalue weighted by Gasteiger charge is 2.55. The molecular formula is C75H47NS2. The van der Waals surface area contributed by atoms with Gasteiger partial charge in [-0.05, 0) is 173 Å². The number of hydrogen-bond donors (Lipinski definition) is 0. The largest absolute Gasteiger partial charge is 0.310 e. The Balaban J connectivity index is 0.959. The second-order valence-corrected chi connectivity index (χ2v) is 24.1. The van der Waals surface area contributed by atoms with Crippen molar-refractivity contribution in [2.24, 2.45) is 0 Å². The smallest absolute Gasteiger partial charge is 0.0736 e. The molecule has 0 amide bonds. The van der Waals surface area contributed by atoms with E-state index in [0.29, 0.717) is 0 Å². The molecule has 0 N–H and O–H groups in total. The number of benzene rings is 11. The molecule has 1 unspecified atom stereocenters. The van der Waals surface area contributed by atoms with Crippen LogP contribution in [-0.2, 0) is 16.2 Å². The zero-order chi connectivity index (χ0) is 50.9. The first kappa shape index (κ1) is 43.5. The predicted molar refractivity (Wildman–Crippen MR) is 321 cm³/mol. The summed E-state index contributed by atoms with van der Waals surface area (Å²) in [7, 11) is 0. The minimum Gasteiger partial charge on any atom is -0.310 e. The molecule has 3 spiro atoms. The summed E-state index contributed by atoms with van der Waals surface area (Å²) >= 11 is 3.80. The van der Waals surface area contributed by atoms with Crippen LogP contribution in [0.2, 0.25) is 0 Å². The van der Waals surface area contributed by atoms with Crippen LogP contribution in [0.25, 0.3) is 39.0 Å². The van der Waals surface area contributed by atoms with Gasteiger partial charge in [-0.15, -0.1) is 0 Å². The topological polar surface area (TPSA) is 3.24 Å². The Hall–Kier alpha value is -8.60. The van der Waals surface area contributed by atoms with Gasteiger partial charge in [-0.2, -0.15) is 0 Å². The molecule has 0 aromatic heterocycles.